The van der Waals surface area contributed by atoms with Gasteiger partial charge in [0, 0.05) is 17.4 Å². The summed E-state index contributed by atoms with van der Waals surface area (Å²) in [6.45, 7) is 2.42. The van der Waals surface area contributed by atoms with E-state index in [9.17, 15) is 4.79 Å². The molecule has 0 aliphatic heterocycles. The van der Waals surface area contributed by atoms with Crippen LogP contribution >= 0.6 is 11.3 Å². The lowest BCUT2D eigenvalue weighted by Gasteiger charge is -2.00. The second-order valence-corrected chi connectivity index (χ2v) is 6.72. The third-order valence-electron chi connectivity index (χ3n) is 3.81. The smallest absolute Gasteiger partial charge is 0.348 e. The zero-order valence-corrected chi connectivity index (χ0v) is 14.2. The number of nitriles is 1. The SMILES string of the molecule is CCCCc1ccc(C(=O)OC)s1.N#CC1CCC(CO)C1. The Kier molecular flexibility index (Phi) is 8.79. The first-order valence-corrected chi connectivity index (χ1v) is 8.63. The number of aryl methyl sites for hydroxylation is 1. The van der Waals surface area contributed by atoms with Gasteiger partial charge >= 0.3 is 5.97 Å². The van der Waals surface area contributed by atoms with Crippen molar-refractivity contribution in [3.63, 3.8) is 0 Å². The number of aliphatic hydroxyl groups excluding tert-OH is 1. The zero-order valence-electron chi connectivity index (χ0n) is 13.4. The van der Waals surface area contributed by atoms with Gasteiger partial charge in [0.1, 0.15) is 4.88 Å². The number of aliphatic hydroxyl groups is 1. The molecule has 0 spiro atoms. The van der Waals surface area contributed by atoms with Crippen LogP contribution in [0.3, 0.4) is 0 Å². The highest BCUT2D eigenvalue weighted by molar-refractivity contribution is 7.13. The van der Waals surface area contributed by atoms with Crippen LogP contribution in [0, 0.1) is 23.2 Å². The van der Waals surface area contributed by atoms with Gasteiger partial charge in [-0.3, -0.25) is 0 Å². The summed E-state index contributed by atoms with van der Waals surface area (Å²) in [6.07, 6.45) is 6.37. The number of esters is 1. The molecule has 1 aliphatic carbocycles. The Hall–Kier alpha value is -1.38. The van der Waals surface area contributed by atoms with Crippen molar-refractivity contribution in [3.05, 3.63) is 21.9 Å². The van der Waals surface area contributed by atoms with Crippen molar-refractivity contribution in [3.8, 4) is 6.07 Å². The van der Waals surface area contributed by atoms with Gasteiger partial charge in [-0.2, -0.15) is 5.26 Å². The van der Waals surface area contributed by atoms with Crippen LogP contribution in [0.2, 0.25) is 0 Å². The topological polar surface area (TPSA) is 70.3 Å². The normalized spacial score (nSPS) is 19.9. The van der Waals surface area contributed by atoms with E-state index in [1.54, 1.807) is 0 Å². The summed E-state index contributed by atoms with van der Waals surface area (Å²) >= 11 is 1.53. The van der Waals surface area contributed by atoms with Gasteiger partial charge in [-0.15, -0.1) is 11.3 Å². The molecule has 4 nitrogen and oxygen atoms in total. The van der Waals surface area contributed by atoms with E-state index >= 15 is 0 Å². The molecule has 1 heterocycles. The van der Waals surface area contributed by atoms with Crippen molar-refractivity contribution in [1.82, 2.24) is 0 Å². The lowest BCUT2D eigenvalue weighted by molar-refractivity contribution is 0.0606. The van der Waals surface area contributed by atoms with Gasteiger partial charge < -0.3 is 9.84 Å². The van der Waals surface area contributed by atoms with E-state index in [-0.39, 0.29) is 18.5 Å². The molecule has 0 radical (unpaired) electrons. The van der Waals surface area contributed by atoms with Gasteiger partial charge in [0.25, 0.3) is 0 Å². The van der Waals surface area contributed by atoms with Crippen molar-refractivity contribution >= 4 is 17.3 Å². The number of rotatable bonds is 5. The van der Waals surface area contributed by atoms with E-state index in [1.165, 1.54) is 36.2 Å². The van der Waals surface area contributed by atoms with Gasteiger partial charge in [-0.25, -0.2) is 4.79 Å². The van der Waals surface area contributed by atoms with Gasteiger partial charge in [0.15, 0.2) is 0 Å². The van der Waals surface area contributed by atoms with Crippen LogP contribution in [0.1, 0.15) is 53.6 Å². The average molecular weight is 323 g/mol. The Labute approximate surface area is 136 Å². The number of methoxy groups -OCH3 is 1. The summed E-state index contributed by atoms with van der Waals surface area (Å²) < 4.78 is 4.63. The molecular formula is C17H25NO3S. The fourth-order valence-corrected chi connectivity index (χ4v) is 3.40. The number of hydrogen-bond donors (Lipinski definition) is 1. The van der Waals surface area contributed by atoms with E-state index < -0.39 is 0 Å². The van der Waals surface area contributed by atoms with Crippen molar-refractivity contribution in [2.45, 2.75) is 45.4 Å². The quantitative estimate of drug-likeness (QED) is 0.837. The molecule has 0 aromatic carbocycles. The number of carbonyl (C=O) groups excluding carboxylic acids is 1. The fourth-order valence-electron chi connectivity index (χ4n) is 2.43. The summed E-state index contributed by atoms with van der Waals surface area (Å²) in [6, 6.07) is 6.06. The molecule has 2 rings (SSSR count). The predicted octanol–water partition coefficient (Wildman–Crippen LogP) is 3.80. The maximum atomic E-state index is 11.1. The molecule has 5 heteroatoms. The lowest BCUT2D eigenvalue weighted by atomic mass is 10.1. The maximum absolute atomic E-state index is 11.1. The molecule has 0 saturated heterocycles. The monoisotopic (exact) mass is 323 g/mol. The predicted molar refractivity (Wildman–Crippen MR) is 87.8 cm³/mol. The summed E-state index contributed by atoms with van der Waals surface area (Å²) in [5.41, 5.74) is 0. The van der Waals surface area contributed by atoms with E-state index in [4.69, 9.17) is 10.4 Å². The number of hydrogen-bond acceptors (Lipinski definition) is 5. The minimum Gasteiger partial charge on any atom is -0.465 e. The molecule has 122 valence electrons. The van der Waals surface area contributed by atoms with Crippen molar-refractivity contribution in [2.24, 2.45) is 11.8 Å². The standard InChI is InChI=1S/C10H14O2S.C7H11NO/c1-3-4-5-8-6-7-9(13-8)10(11)12-2;8-4-6-1-2-7(3-6)5-9/h6-7H,3-5H2,1-2H3;6-7,9H,1-3,5H2. The number of nitrogens with zero attached hydrogens (tertiary/aromatic N) is 1. The maximum Gasteiger partial charge on any atom is 0.348 e. The Morgan fingerprint density at radius 3 is 2.77 bits per heavy atom. The summed E-state index contributed by atoms with van der Waals surface area (Å²) in [5, 5.41) is 17.1. The highest BCUT2D eigenvalue weighted by atomic mass is 32.1. The van der Waals surface area contributed by atoms with Crippen molar-refractivity contribution in [1.29, 1.82) is 5.26 Å². The molecule has 1 aromatic rings. The van der Waals surface area contributed by atoms with Gasteiger partial charge in [0.2, 0.25) is 0 Å². The minimum atomic E-state index is -0.229. The van der Waals surface area contributed by atoms with Crippen LogP contribution in [-0.4, -0.2) is 24.8 Å². The fraction of sp³-hybridized carbons (Fsp3) is 0.647. The van der Waals surface area contributed by atoms with E-state index in [0.29, 0.717) is 10.8 Å². The molecule has 0 bridgehead atoms. The number of carbonyl (C=O) groups is 1. The molecule has 1 fully saturated rings. The Morgan fingerprint density at radius 2 is 2.27 bits per heavy atom. The van der Waals surface area contributed by atoms with Crippen molar-refractivity contribution in [2.75, 3.05) is 13.7 Å². The molecule has 1 N–H and O–H groups in total. The van der Waals surface area contributed by atoms with Crippen LogP contribution < -0.4 is 0 Å². The molecular weight excluding hydrogens is 298 g/mol. The Morgan fingerprint density at radius 1 is 1.50 bits per heavy atom. The third-order valence-corrected chi connectivity index (χ3v) is 4.93. The molecule has 2 atom stereocenters. The molecule has 0 amide bonds. The first kappa shape index (κ1) is 18.7. The summed E-state index contributed by atoms with van der Waals surface area (Å²) in [7, 11) is 1.41. The molecule has 1 aromatic heterocycles. The first-order chi connectivity index (χ1) is 10.6. The molecule has 1 saturated carbocycles. The van der Waals surface area contributed by atoms with Gasteiger partial charge in [-0.05, 0) is 50.2 Å². The van der Waals surface area contributed by atoms with Crippen LogP contribution in [0.25, 0.3) is 0 Å². The second-order valence-electron chi connectivity index (χ2n) is 5.55. The second kappa shape index (κ2) is 10.4. The lowest BCUT2D eigenvalue weighted by Crippen LogP contribution is -1.99. The minimum absolute atomic E-state index is 0.224. The average Bonchev–Trinajstić information content (AvgIpc) is 3.21. The van der Waals surface area contributed by atoms with Gasteiger partial charge in [-0.1, -0.05) is 13.3 Å². The number of thiophene rings is 1. The highest BCUT2D eigenvalue weighted by Crippen LogP contribution is 2.29. The summed E-state index contributed by atoms with van der Waals surface area (Å²) in [5.74, 6) is 0.407. The largest absolute Gasteiger partial charge is 0.465 e. The van der Waals surface area contributed by atoms with E-state index in [0.717, 1.165) is 25.7 Å². The summed E-state index contributed by atoms with van der Waals surface area (Å²) in [4.78, 5) is 13.1. The Bertz CT molecular complexity index is 492. The third kappa shape index (κ3) is 6.17. The van der Waals surface area contributed by atoms with Crippen LogP contribution in [0.5, 0.6) is 0 Å². The molecule has 1 aliphatic rings. The van der Waals surface area contributed by atoms with Crippen LogP contribution in [0.4, 0.5) is 0 Å². The van der Waals surface area contributed by atoms with Gasteiger partial charge in [0.05, 0.1) is 13.2 Å². The van der Waals surface area contributed by atoms with Crippen molar-refractivity contribution < 1.29 is 14.6 Å². The van der Waals surface area contributed by atoms with E-state index in [1.807, 2.05) is 12.1 Å². The zero-order chi connectivity index (χ0) is 16.4. The number of ether oxygens (including phenoxy) is 1. The van der Waals surface area contributed by atoms with Crippen LogP contribution in [-0.2, 0) is 11.2 Å². The highest BCUT2D eigenvalue weighted by Gasteiger charge is 2.23. The Balaban J connectivity index is 0.000000235. The van der Waals surface area contributed by atoms with Crippen LogP contribution in [0.15, 0.2) is 12.1 Å². The van der Waals surface area contributed by atoms with E-state index in [2.05, 4.69) is 17.7 Å². The molecule has 2 unspecified atom stereocenters. The number of unbranched alkanes of at least 4 members (excludes halogenated alkanes) is 1. The first-order valence-electron chi connectivity index (χ1n) is 7.82. The molecule has 22 heavy (non-hydrogen) atoms.